The number of fused-ring (bicyclic) bond motifs is 1. The largest absolute Gasteiger partial charge is 0.469 e. The highest BCUT2D eigenvalue weighted by Gasteiger charge is 2.30. The number of ether oxygens (including phenoxy) is 1. The molecule has 1 aliphatic rings. The summed E-state index contributed by atoms with van der Waals surface area (Å²) >= 11 is 5.88. The van der Waals surface area contributed by atoms with Crippen molar-refractivity contribution >= 4 is 17.6 Å². The molecule has 0 aliphatic heterocycles. The SMILES string of the molecule is COC(=O)C1Cc2cc(=O)[nH]c(Cl)c2C1. The van der Waals surface area contributed by atoms with Crippen molar-refractivity contribution in [2.45, 2.75) is 12.8 Å². The summed E-state index contributed by atoms with van der Waals surface area (Å²) in [4.78, 5) is 25.0. The van der Waals surface area contributed by atoms with Gasteiger partial charge in [-0.05, 0) is 24.0 Å². The summed E-state index contributed by atoms with van der Waals surface area (Å²) in [6.07, 6.45) is 1.07. The van der Waals surface area contributed by atoms with Gasteiger partial charge in [0.25, 0.3) is 0 Å². The minimum atomic E-state index is -0.255. The molecule has 0 saturated carbocycles. The van der Waals surface area contributed by atoms with E-state index in [0.29, 0.717) is 18.0 Å². The van der Waals surface area contributed by atoms with Gasteiger partial charge in [0.2, 0.25) is 5.56 Å². The molecule has 1 aromatic heterocycles. The third-order valence-corrected chi connectivity index (χ3v) is 2.96. The molecule has 0 bridgehead atoms. The lowest BCUT2D eigenvalue weighted by atomic mass is 10.1. The normalized spacial score (nSPS) is 18.7. The van der Waals surface area contributed by atoms with Gasteiger partial charge in [-0.15, -0.1) is 0 Å². The van der Waals surface area contributed by atoms with Crippen LogP contribution in [0.15, 0.2) is 10.9 Å². The quantitative estimate of drug-likeness (QED) is 0.573. The van der Waals surface area contributed by atoms with Gasteiger partial charge in [0.05, 0.1) is 13.0 Å². The molecule has 80 valence electrons. The molecular weight excluding hydrogens is 218 g/mol. The molecule has 0 aromatic carbocycles. The summed E-state index contributed by atoms with van der Waals surface area (Å²) in [6.45, 7) is 0. The van der Waals surface area contributed by atoms with Gasteiger partial charge >= 0.3 is 5.97 Å². The van der Waals surface area contributed by atoms with E-state index in [9.17, 15) is 9.59 Å². The second-order valence-electron chi connectivity index (χ2n) is 3.58. The number of hydrogen-bond donors (Lipinski definition) is 1. The van der Waals surface area contributed by atoms with Crippen molar-refractivity contribution in [3.63, 3.8) is 0 Å². The molecule has 5 heteroatoms. The number of halogens is 1. The fourth-order valence-electron chi connectivity index (χ4n) is 1.93. The Morgan fingerprint density at radius 3 is 3.00 bits per heavy atom. The highest BCUT2D eigenvalue weighted by molar-refractivity contribution is 6.30. The van der Waals surface area contributed by atoms with Crippen molar-refractivity contribution in [2.75, 3.05) is 7.11 Å². The van der Waals surface area contributed by atoms with Crippen LogP contribution in [0.2, 0.25) is 5.15 Å². The summed E-state index contributed by atoms with van der Waals surface area (Å²) in [5.41, 5.74) is 1.47. The van der Waals surface area contributed by atoms with Gasteiger partial charge in [0, 0.05) is 6.07 Å². The average molecular weight is 228 g/mol. The molecule has 4 nitrogen and oxygen atoms in total. The Hall–Kier alpha value is -1.29. The summed E-state index contributed by atoms with van der Waals surface area (Å²) in [6, 6.07) is 1.49. The minimum absolute atomic E-state index is 0.210. The molecule has 1 atom stereocenters. The molecule has 2 rings (SSSR count). The van der Waals surface area contributed by atoms with Crippen molar-refractivity contribution in [1.82, 2.24) is 4.98 Å². The van der Waals surface area contributed by atoms with Crippen LogP contribution in [-0.4, -0.2) is 18.1 Å². The van der Waals surface area contributed by atoms with Gasteiger partial charge in [-0.2, -0.15) is 0 Å². The molecule has 0 radical (unpaired) electrons. The van der Waals surface area contributed by atoms with E-state index in [1.165, 1.54) is 13.2 Å². The molecule has 0 saturated heterocycles. The van der Waals surface area contributed by atoms with E-state index in [-0.39, 0.29) is 17.4 Å². The van der Waals surface area contributed by atoms with Gasteiger partial charge < -0.3 is 9.72 Å². The predicted molar refractivity (Wildman–Crippen MR) is 55.0 cm³/mol. The monoisotopic (exact) mass is 227 g/mol. The zero-order valence-corrected chi connectivity index (χ0v) is 8.93. The number of carbonyl (C=O) groups excluding carboxylic acids is 1. The number of rotatable bonds is 1. The molecule has 15 heavy (non-hydrogen) atoms. The summed E-state index contributed by atoms with van der Waals surface area (Å²) < 4.78 is 4.67. The lowest BCUT2D eigenvalue weighted by Gasteiger charge is -2.04. The molecular formula is C10H10ClNO3. The van der Waals surface area contributed by atoms with Gasteiger partial charge in [-0.3, -0.25) is 9.59 Å². The number of methoxy groups -OCH3 is 1. The van der Waals surface area contributed by atoms with Crippen LogP contribution < -0.4 is 5.56 Å². The number of aromatic nitrogens is 1. The maximum absolute atomic E-state index is 11.3. The molecule has 0 amide bonds. The van der Waals surface area contributed by atoms with E-state index >= 15 is 0 Å². The van der Waals surface area contributed by atoms with Crippen LogP contribution in [0.4, 0.5) is 0 Å². The van der Waals surface area contributed by atoms with Crippen LogP contribution in [-0.2, 0) is 22.4 Å². The van der Waals surface area contributed by atoms with Gasteiger partial charge in [-0.1, -0.05) is 11.6 Å². The molecule has 1 unspecified atom stereocenters. The van der Waals surface area contributed by atoms with Crippen LogP contribution in [0, 0.1) is 5.92 Å². The van der Waals surface area contributed by atoms with Crippen molar-refractivity contribution in [3.05, 3.63) is 32.7 Å². The summed E-state index contributed by atoms with van der Waals surface area (Å²) in [7, 11) is 1.36. The molecule has 0 spiro atoms. The third kappa shape index (κ3) is 1.77. The molecule has 1 N–H and O–H groups in total. The molecule has 1 aromatic rings. The first-order valence-corrected chi connectivity index (χ1v) is 4.98. The number of pyridine rings is 1. The smallest absolute Gasteiger partial charge is 0.309 e. The van der Waals surface area contributed by atoms with E-state index in [1.807, 2.05) is 0 Å². The van der Waals surface area contributed by atoms with Crippen LogP contribution in [0.3, 0.4) is 0 Å². The Morgan fingerprint density at radius 2 is 2.33 bits per heavy atom. The fraction of sp³-hybridized carbons (Fsp3) is 0.400. The number of esters is 1. The molecule has 0 fully saturated rings. The Bertz CT molecular complexity index is 466. The Kier molecular flexibility index (Phi) is 2.52. The number of H-pyrrole nitrogens is 1. The highest BCUT2D eigenvalue weighted by Crippen LogP contribution is 2.30. The first kappa shape index (κ1) is 10.2. The van der Waals surface area contributed by atoms with Crippen LogP contribution >= 0.6 is 11.6 Å². The second-order valence-corrected chi connectivity index (χ2v) is 3.96. The maximum atomic E-state index is 11.3. The summed E-state index contributed by atoms with van der Waals surface area (Å²) in [5.74, 6) is -0.465. The molecule has 1 heterocycles. The Morgan fingerprint density at radius 1 is 1.60 bits per heavy atom. The van der Waals surface area contributed by atoms with Crippen LogP contribution in [0.5, 0.6) is 0 Å². The van der Waals surface area contributed by atoms with E-state index in [2.05, 4.69) is 9.72 Å². The first-order chi connectivity index (χ1) is 7.11. The minimum Gasteiger partial charge on any atom is -0.469 e. The standard InChI is InChI=1S/C10H10ClNO3/c1-15-10(14)6-2-5-4-8(13)12-9(11)7(5)3-6/h4,6H,2-3H2,1H3,(H,12,13). The second kappa shape index (κ2) is 3.70. The van der Waals surface area contributed by atoms with Crippen molar-refractivity contribution < 1.29 is 9.53 Å². The zero-order chi connectivity index (χ0) is 11.0. The van der Waals surface area contributed by atoms with E-state index in [1.54, 1.807) is 0 Å². The first-order valence-electron chi connectivity index (χ1n) is 4.60. The maximum Gasteiger partial charge on any atom is 0.309 e. The fourth-order valence-corrected chi connectivity index (χ4v) is 2.22. The number of carbonyl (C=O) groups is 1. The topological polar surface area (TPSA) is 59.2 Å². The third-order valence-electron chi connectivity index (χ3n) is 2.64. The van der Waals surface area contributed by atoms with Crippen molar-refractivity contribution in [3.8, 4) is 0 Å². The summed E-state index contributed by atoms with van der Waals surface area (Å²) in [5, 5.41) is 0.337. The van der Waals surface area contributed by atoms with Gasteiger partial charge in [0.1, 0.15) is 5.15 Å². The Labute approximate surface area is 91.2 Å². The molecule has 1 aliphatic carbocycles. The number of hydrogen-bond acceptors (Lipinski definition) is 3. The van der Waals surface area contributed by atoms with E-state index in [4.69, 9.17) is 11.6 Å². The Balaban J connectivity index is 2.35. The van der Waals surface area contributed by atoms with Crippen LogP contribution in [0.1, 0.15) is 11.1 Å². The predicted octanol–water partition coefficient (Wildman–Crippen LogP) is 0.916. The number of aromatic amines is 1. The van der Waals surface area contributed by atoms with Crippen LogP contribution in [0.25, 0.3) is 0 Å². The van der Waals surface area contributed by atoms with E-state index in [0.717, 1.165) is 11.1 Å². The van der Waals surface area contributed by atoms with Gasteiger partial charge in [0.15, 0.2) is 0 Å². The van der Waals surface area contributed by atoms with E-state index < -0.39 is 0 Å². The average Bonchev–Trinajstić information content (AvgIpc) is 2.60. The van der Waals surface area contributed by atoms with Crippen molar-refractivity contribution in [2.24, 2.45) is 5.92 Å². The lowest BCUT2D eigenvalue weighted by molar-refractivity contribution is -0.145. The highest BCUT2D eigenvalue weighted by atomic mass is 35.5. The lowest BCUT2D eigenvalue weighted by Crippen LogP contribution is -2.15. The van der Waals surface area contributed by atoms with Crippen molar-refractivity contribution in [1.29, 1.82) is 0 Å². The zero-order valence-electron chi connectivity index (χ0n) is 8.17. The number of nitrogens with one attached hydrogen (secondary N) is 1. The van der Waals surface area contributed by atoms with Gasteiger partial charge in [-0.25, -0.2) is 0 Å².